The first-order valence-corrected chi connectivity index (χ1v) is 9.32. The van der Waals surface area contributed by atoms with Gasteiger partial charge in [0.2, 0.25) is 0 Å². The van der Waals surface area contributed by atoms with E-state index in [9.17, 15) is 4.79 Å². The van der Waals surface area contributed by atoms with Crippen LogP contribution in [0.3, 0.4) is 0 Å². The molecule has 0 saturated carbocycles. The predicted molar refractivity (Wildman–Crippen MR) is 107 cm³/mol. The molecule has 1 aromatic carbocycles. The lowest BCUT2D eigenvalue weighted by atomic mass is 10.1. The smallest absolute Gasteiger partial charge is 0.270 e. The van der Waals surface area contributed by atoms with Crippen LogP contribution in [0.15, 0.2) is 54.7 Å². The normalized spacial score (nSPS) is 16.3. The number of hydrogen-bond acceptors (Lipinski definition) is 4. The van der Waals surface area contributed by atoms with Crippen molar-refractivity contribution in [2.45, 2.75) is 25.8 Å². The van der Waals surface area contributed by atoms with E-state index in [0.29, 0.717) is 17.5 Å². The van der Waals surface area contributed by atoms with Crippen molar-refractivity contribution in [1.29, 1.82) is 0 Å². The lowest BCUT2D eigenvalue weighted by molar-refractivity contribution is 0.0622. The first kappa shape index (κ1) is 19.3. The van der Waals surface area contributed by atoms with E-state index in [1.807, 2.05) is 49.4 Å². The summed E-state index contributed by atoms with van der Waals surface area (Å²) in [5, 5.41) is 4.58. The monoisotopic (exact) mass is 383 g/mol. The molecule has 1 amide bonds. The van der Waals surface area contributed by atoms with Crippen LogP contribution in [0.25, 0.3) is 10.9 Å². The van der Waals surface area contributed by atoms with E-state index in [1.165, 1.54) is 0 Å². The van der Waals surface area contributed by atoms with Crippen LogP contribution in [0.2, 0.25) is 5.15 Å². The summed E-state index contributed by atoms with van der Waals surface area (Å²) in [7, 11) is 0. The Morgan fingerprint density at radius 3 is 2.78 bits per heavy atom. The number of halogens is 1. The number of carbonyl (C=O) groups is 1. The Morgan fingerprint density at radius 1 is 1.22 bits per heavy atom. The number of rotatable bonds is 2. The Labute approximate surface area is 163 Å². The average Bonchev–Trinajstić information content (AvgIpc) is 2.69. The summed E-state index contributed by atoms with van der Waals surface area (Å²) in [6.45, 7) is 3.37. The minimum Gasteiger partial charge on any atom is -0.379 e. The fourth-order valence-electron chi connectivity index (χ4n) is 2.81. The van der Waals surface area contributed by atoms with Crippen LogP contribution >= 0.6 is 11.6 Å². The van der Waals surface area contributed by atoms with Crippen molar-refractivity contribution < 1.29 is 9.53 Å². The first-order valence-electron chi connectivity index (χ1n) is 8.94. The van der Waals surface area contributed by atoms with Gasteiger partial charge < -0.3 is 10.1 Å². The average molecular weight is 384 g/mol. The molecular formula is C21H22ClN3O2. The molecule has 27 heavy (non-hydrogen) atoms. The zero-order valence-corrected chi connectivity index (χ0v) is 15.9. The number of ether oxygens (including phenoxy) is 1. The Balaban J connectivity index is 0.000000221. The topological polar surface area (TPSA) is 64.1 Å². The van der Waals surface area contributed by atoms with E-state index in [4.69, 9.17) is 16.3 Å². The molecule has 4 rings (SSSR count). The zero-order valence-electron chi connectivity index (χ0n) is 15.2. The Kier molecular flexibility index (Phi) is 6.74. The minimum atomic E-state index is -0.124. The maximum absolute atomic E-state index is 12.1. The lowest BCUT2D eigenvalue weighted by Gasteiger charge is -2.22. The number of carbonyl (C=O) groups excluding carboxylic acids is 1. The summed E-state index contributed by atoms with van der Waals surface area (Å²) in [4.78, 5) is 20.3. The molecule has 1 aliphatic heterocycles. The fourth-order valence-corrected chi connectivity index (χ4v) is 3.03. The maximum Gasteiger partial charge on any atom is 0.270 e. The molecule has 0 radical (unpaired) electrons. The third-order valence-electron chi connectivity index (χ3n) is 4.21. The molecule has 1 atom stereocenters. The van der Waals surface area contributed by atoms with Gasteiger partial charge in [0.15, 0.2) is 0 Å². The zero-order chi connectivity index (χ0) is 19.1. The van der Waals surface area contributed by atoms with Gasteiger partial charge in [-0.3, -0.25) is 4.79 Å². The van der Waals surface area contributed by atoms with Gasteiger partial charge in [-0.15, -0.1) is 0 Å². The molecule has 0 aliphatic carbocycles. The van der Waals surface area contributed by atoms with E-state index >= 15 is 0 Å². The van der Waals surface area contributed by atoms with E-state index in [0.717, 1.165) is 35.9 Å². The number of para-hydroxylation sites is 1. The van der Waals surface area contributed by atoms with Crippen molar-refractivity contribution in [3.05, 3.63) is 71.1 Å². The number of aryl methyl sites for hydroxylation is 1. The highest BCUT2D eigenvalue weighted by atomic mass is 35.5. The highest BCUT2D eigenvalue weighted by Gasteiger charge is 2.17. The Morgan fingerprint density at radius 2 is 2.07 bits per heavy atom. The SMILES string of the molecule is Cc1ccnc(Cl)c1.O=C(NC1CCCOC1)c1ccc2ccccc2n1. The van der Waals surface area contributed by atoms with Crippen LogP contribution < -0.4 is 5.32 Å². The molecular weight excluding hydrogens is 362 g/mol. The van der Waals surface area contributed by atoms with Crippen molar-refractivity contribution in [3.8, 4) is 0 Å². The largest absolute Gasteiger partial charge is 0.379 e. The summed E-state index contributed by atoms with van der Waals surface area (Å²) >= 11 is 5.53. The van der Waals surface area contributed by atoms with Gasteiger partial charge in [0, 0.05) is 18.2 Å². The van der Waals surface area contributed by atoms with E-state index in [-0.39, 0.29) is 11.9 Å². The number of hydrogen-bond donors (Lipinski definition) is 1. The molecule has 3 heterocycles. The summed E-state index contributed by atoms with van der Waals surface area (Å²) in [5.41, 5.74) is 2.45. The van der Waals surface area contributed by atoms with Crippen molar-refractivity contribution in [3.63, 3.8) is 0 Å². The third kappa shape index (κ3) is 5.74. The Bertz CT molecular complexity index is 893. The van der Waals surface area contributed by atoms with Crippen LogP contribution in [0.4, 0.5) is 0 Å². The minimum absolute atomic E-state index is 0.106. The summed E-state index contributed by atoms with van der Waals surface area (Å²) in [6.07, 6.45) is 3.66. The molecule has 0 bridgehead atoms. The number of fused-ring (bicyclic) bond motifs is 1. The number of amides is 1. The molecule has 5 nitrogen and oxygen atoms in total. The van der Waals surface area contributed by atoms with Crippen LogP contribution in [0.1, 0.15) is 28.9 Å². The molecule has 1 aliphatic rings. The second-order valence-electron chi connectivity index (χ2n) is 6.43. The molecule has 1 unspecified atom stereocenters. The molecule has 1 N–H and O–H groups in total. The fraction of sp³-hybridized carbons (Fsp3) is 0.286. The highest BCUT2D eigenvalue weighted by Crippen LogP contribution is 2.12. The summed E-state index contributed by atoms with van der Waals surface area (Å²) in [6, 6.07) is 15.3. The molecule has 140 valence electrons. The quantitative estimate of drug-likeness (QED) is 0.674. The van der Waals surface area contributed by atoms with Gasteiger partial charge in [0.25, 0.3) is 5.91 Å². The molecule has 0 spiro atoms. The number of nitrogens with one attached hydrogen (secondary N) is 1. The van der Waals surface area contributed by atoms with E-state index in [1.54, 1.807) is 12.3 Å². The van der Waals surface area contributed by atoms with E-state index < -0.39 is 0 Å². The molecule has 1 fully saturated rings. The summed E-state index contributed by atoms with van der Waals surface area (Å²) < 4.78 is 5.35. The van der Waals surface area contributed by atoms with Crippen molar-refractivity contribution in [1.82, 2.24) is 15.3 Å². The van der Waals surface area contributed by atoms with Gasteiger partial charge in [0.1, 0.15) is 10.8 Å². The molecule has 6 heteroatoms. The van der Waals surface area contributed by atoms with E-state index in [2.05, 4.69) is 15.3 Å². The van der Waals surface area contributed by atoms with Crippen LogP contribution in [0, 0.1) is 6.92 Å². The molecule has 2 aromatic heterocycles. The number of aromatic nitrogens is 2. The third-order valence-corrected chi connectivity index (χ3v) is 4.42. The van der Waals surface area contributed by atoms with Gasteiger partial charge in [-0.05, 0) is 49.6 Å². The maximum atomic E-state index is 12.1. The van der Waals surface area contributed by atoms with Crippen molar-refractivity contribution in [2.75, 3.05) is 13.2 Å². The van der Waals surface area contributed by atoms with Crippen molar-refractivity contribution in [2.24, 2.45) is 0 Å². The van der Waals surface area contributed by atoms with Crippen LogP contribution in [-0.2, 0) is 4.74 Å². The molecule has 1 saturated heterocycles. The van der Waals surface area contributed by atoms with Crippen molar-refractivity contribution >= 4 is 28.4 Å². The Hall–Kier alpha value is -2.50. The predicted octanol–water partition coefficient (Wildman–Crippen LogP) is 4.19. The summed E-state index contributed by atoms with van der Waals surface area (Å²) in [5.74, 6) is -0.124. The second kappa shape index (κ2) is 9.44. The lowest BCUT2D eigenvalue weighted by Crippen LogP contribution is -2.40. The van der Waals surface area contributed by atoms with Gasteiger partial charge in [-0.1, -0.05) is 35.9 Å². The number of nitrogens with zero attached hydrogens (tertiary/aromatic N) is 2. The van der Waals surface area contributed by atoms with Gasteiger partial charge in [-0.2, -0.15) is 0 Å². The number of benzene rings is 1. The van der Waals surface area contributed by atoms with Crippen LogP contribution in [-0.4, -0.2) is 35.1 Å². The van der Waals surface area contributed by atoms with Gasteiger partial charge in [-0.25, -0.2) is 9.97 Å². The first-order chi connectivity index (χ1) is 13.1. The second-order valence-corrected chi connectivity index (χ2v) is 6.82. The number of pyridine rings is 2. The molecule has 3 aromatic rings. The van der Waals surface area contributed by atoms with Crippen LogP contribution in [0.5, 0.6) is 0 Å². The van der Waals surface area contributed by atoms with Gasteiger partial charge in [0.05, 0.1) is 18.2 Å². The highest BCUT2D eigenvalue weighted by molar-refractivity contribution is 6.29. The standard InChI is InChI=1S/C15H16N2O2.C6H6ClN/c18-15(16-12-5-3-9-19-10-12)14-8-7-11-4-1-2-6-13(11)17-14;1-5-2-3-8-6(7)4-5/h1-2,4,6-8,12H,3,5,9-10H2,(H,16,18);2-4H,1H3. The van der Waals surface area contributed by atoms with Gasteiger partial charge >= 0.3 is 0 Å².